The molecule has 2 aromatic heterocycles. The van der Waals surface area contributed by atoms with Crippen LogP contribution in [0, 0.1) is 11.3 Å². The Bertz CT molecular complexity index is 947. The molecule has 1 fully saturated rings. The predicted molar refractivity (Wildman–Crippen MR) is 110 cm³/mol. The van der Waals surface area contributed by atoms with Gasteiger partial charge in [0, 0.05) is 49.8 Å². The van der Waals surface area contributed by atoms with Gasteiger partial charge in [-0.2, -0.15) is 9.89 Å². The van der Waals surface area contributed by atoms with Crippen molar-refractivity contribution >= 4 is 23.4 Å². The number of aromatic nitrogens is 4. The molecule has 0 bridgehead atoms. The quantitative estimate of drug-likeness (QED) is 0.827. The smallest absolute Gasteiger partial charge is 0.240 e. The zero-order valence-corrected chi connectivity index (χ0v) is 17.9. The van der Waals surface area contributed by atoms with Gasteiger partial charge in [0.25, 0.3) is 0 Å². The minimum Gasteiger partial charge on any atom is -0.343 e. The van der Waals surface area contributed by atoms with E-state index in [1.807, 2.05) is 15.8 Å². The predicted octanol–water partition coefficient (Wildman–Crippen LogP) is 2.70. The molecule has 1 atom stereocenters. The van der Waals surface area contributed by atoms with Gasteiger partial charge >= 0.3 is 0 Å². The third-order valence-corrected chi connectivity index (χ3v) is 6.09. The number of nitrogens with zero attached hydrogens (tertiary/aromatic N) is 5. The van der Waals surface area contributed by atoms with E-state index in [9.17, 15) is 9.59 Å². The SMILES string of the molecule is CC(=O)N1CCC[C@@H](CC(=O)Nn2cc(-c3cnn4c3CC(C)(C)C4)c(Cl)n2)C1. The highest BCUT2D eigenvalue weighted by Crippen LogP contribution is 2.38. The Balaban J connectivity index is 1.43. The number of hydrogen-bond donors (Lipinski definition) is 1. The molecule has 156 valence electrons. The van der Waals surface area contributed by atoms with Crippen molar-refractivity contribution < 1.29 is 9.59 Å². The summed E-state index contributed by atoms with van der Waals surface area (Å²) >= 11 is 6.37. The van der Waals surface area contributed by atoms with Gasteiger partial charge < -0.3 is 4.90 Å². The Morgan fingerprint density at radius 2 is 2.14 bits per heavy atom. The van der Waals surface area contributed by atoms with E-state index in [-0.39, 0.29) is 23.1 Å². The average molecular weight is 419 g/mol. The zero-order valence-electron chi connectivity index (χ0n) is 17.1. The van der Waals surface area contributed by atoms with E-state index >= 15 is 0 Å². The van der Waals surface area contributed by atoms with Gasteiger partial charge in [-0.1, -0.05) is 25.4 Å². The molecule has 4 rings (SSSR count). The highest BCUT2D eigenvalue weighted by Gasteiger charge is 2.32. The molecule has 0 aliphatic carbocycles. The molecule has 1 saturated heterocycles. The highest BCUT2D eigenvalue weighted by atomic mass is 35.5. The van der Waals surface area contributed by atoms with Crippen LogP contribution in [0.2, 0.25) is 5.15 Å². The molecule has 0 aromatic carbocycles. The van der Waals surface area contributed by atoms with Gasteiger partial charge in [0.15, 0.2) is 5.15 Å². The van der Waals surface area contributed by atoms with Gasteiger partial charge in [-0.25, -0.2) is 5.43 Å². The number of rotatable bonds is 4. The lowest BCUT2D eigenvalue weighted by molar-refractivity contribution is -0.131. The van der Waals surface area contributed by atoms with E-state index in [1.54, 1.807) is 13.1 Å². The van der Waals surface area contributed by atoms with Crippen molar-refractivity contribution in [2.75, 3.05) is 18.5 Å². The van der Waals surface area contributed by atoms with Crippen molar-refractivity contribution in [2.45, 2.75) is 53.0 Å². The number of piperidine rings is 1. The van der Waals surface area contributed by atoms with E-state index in [4.69, 9.17) is 11.6 Å². The fourth-order valence-corrected chi connectivity index (χ4v) is 4.65. The molecule has 0 unspecified atom stereocenters. The topological polar surface area (TPSA) is 85.0 Å². The summed E-state index contributed by atoms with van der Waals surface area (Å²) in [7, 11) is 0. The number of hydrogen-bond acceptors (Lipinski definition) is 4. The summed E-state index contributed by atoms with van der Waals surface area (Å²) in [6.45, 7) is 8.29. The van der Waals surface area contributed by atoms with Crippen LogP contribution in [0.3, 0.4) is 0 Å². The van der Waals surface area contributed by atoms with Crippen molar-refractivity contribution in [2.24, 2.45) is 11.3 Å². The molecule has 2 amide bonds. The van der Waals surface area contributed by atoms with Gasteiger partial charge in [0.2, 0.25) is 11.8 Å². The lowest BCUT2D eigenvalue weighted by Gasteiger charge is -2.31. The molecule has 4 heterocycles. The molecule has 29 heavy (non-hydrogen) atoms. The second kappa shape index (κ2) is 7.48. The van der Waals surface area contributed by atoms with Gasteiger partial charge in [0.1, 0.15) is 0 Å². The molecular formula is C20H27ClN6O2. The molecule has 0 spiro atoms. The van der Waals surface area contributed by atoms with Crippen molar-refractivity contribution in [3.05, 3.63) is 23.2 Å². The van der Waals surface area contributed by atoms with Crippen LogP contribution in [0.15, 0.2) is 12.4 Å². The van der Waals surface area contributed by atoms with E-state index in [0.717, 1.165) is 49.2 Å². The van der Waals surface area contributed by atoms with Crippen LogP contribution in [0.1, 0.15) is 45.7 Å². The monoisotopic (exact) mass is 418 g/mol. The van der Waals surface area contributed by atoms with Crippen LogP contribution in [0.5, 0.6) is 0 Å². The van der Waals surface area contributed by atoms with E-state index in [2.05, 4.69) is 29.5 Å². The molecule has 2 aliphatic heterocycles. The first-order chi connectivity index (χ1) is 13.7. The first kappa shape index (κ1) is 19.9. The Morgan fingerprint density at radius 1 is 1.34 bits per heavy atom. The molecule has 8 nitrogen and oxygen atoms in total. The van der Waals surface area contributed by atoms with Crippen molar-refractivity contribution in [3.8, 4) is 11.1 Å². The third kappa shape index (κ3) is 4.17. The largest absolute Gasteiger partial charge is 0.343 e. The first-order valence-electron chi connectivity index (χ1n) is 10.1. The van der Waals surface area contributed by atoms with Crippen molar-refractivity contribution in [1.82, 2.24) is 24.6 Å². The summed E-state index contributed by atoms with van der Waals surface area (Å²) in [4.78, 5) is 27.3. The molecular weight excluding hydrogens is 392 g/mol. The summed E-state index contributed by atoms with van der Waals surface area (Å²) in [5.74, 6) is 0.0994. The molecule has 0 saturated carbocycles. The van der Waals surface area contributed by atoms with Crippen LogP contribution in [0.25, 0.3) is 11.1 Å². The Kier molecular flexibility index (Phi) is 5.14. The molecule has 2 aliphatic rings. The van der Waals surface area contributed by atoms with Crippen LogP contribution in [-0.2, 0) is 22.6 Å². The second-order valence-corrected chi connectivity index (χ2v) is 9.35. The maximum absolute atomic E-state index is 12.5. The average Bonchev–Trinajstić information content (AvgIpc) is 3.26. The van der Waals surface area contributed by atoms with Crippen LogP contribution in [0.4, 0.5) is 0 Å². The van der Waals surface area contributed by atoms with E-state index in [1.165, 1.54) is 4.79 Å². The fraction of sp³-hybridized carbons (Fsp3) is 0.600. The maximum atomic E-state index is 12.5. The maximum Gasteiger partial charge on any atom is 0.240 e. The number of amides is 2. The van der Waals surface area contributed by atoms with Gasteiger partial charge in [-0.05, 0) is 30.6 Å². The normalized spacial score (nSPS) is 20.6. The number of likely N-dealkylation sites (tertiary alicyclic amines) is 1. The van der Waals surface area contributed by atoms with Gasteiger partial charge in [-0.3, -0.25) is 14.3 Å². The Morgan fingerprint density at radius 3 is 2.90 bits per heavy atom. The van der Waals surface area contributed by atoms with E-state index in [0.29, 0.717) is 18.1 Å². The van der Waals surface area contributed by atoms with Crippen molar-refractivity contribution in [1.29, 1.82) is 0 Å². The van der Waals surface area contributed by atoms with Crippen LogP contribution < -0.4 is 5.43 Å². The summed E-state index contributed by atoms with van der Waals surface area (Å²) in [6, 6.07) is 0. The molecule has 1 N–H and O–H groups in total. The van der Waals surface area contributed by atoms with E-state index < -0.39 is 0 Å². The number of fused-ring (bicyclic) bond motifs is 1. The number of carbonyl (C=O) groups is 2. The summed E-state index contributed by atoms with van der Waals surface area (Å²) in [5, 5.41) is 9.07. The minimum atomic E-state index is -0.132. The summed E-state index contributed by atoms with van der Waals surface area (Å²) in [5.41, 5.74) is 5.84. The summed E-state index contributed by atoms with van der Waals surface area (Å²) < 4.78 is 2.02. The second-order valence-electron chi connectivity index (χ2n) is 8.99. The Hall–Kier alpha value is -2.35. The minimum absolute atomic E-state index is 0.0653. The van der Waals surface area contributed by atoms with Gasteiger partial charge in [0.05, 0.1) is 12.4 Å². The lowest BCUT2D eigenvalue weighted by Crippen LogP contribution is -2.40. The van der Waals surface area contributed by atoms with Gasteiger partial charge in [-0.15, -0.1) is 5.10 Å². The van der Waals surface area contributed by atoms with Crippen LogP contribution >= 0.6 is 11.6 Å². The lowest BCUT2D eigenvalue weighted by atomic mass is 9.90. The standard InChI is InChI=1S/C20H27ClN6O2/c1-13(28)25-6-4-5-14(10-25)7-18(29)23-27-11-16(19(21)24-27)15-9-22-26-12-20(2,3)8-17(15)26/h9,11,14H,4-8,10,12H2,1-3H3,(H,23,29)/t14-/m0/s1. The Labute approximate surface area is 175 Å². The zero-order chi connectivity index (χ0) is 20.8. The van der Waals surface area contributed by atoms with Crippen molar-refractivity contribution in [3.63, 3.8) is 0 Å². The highest BCUT2D eigenvalue weighted by molar-refractivity contribution is 6.32. The molecule has 0 radical (unpaired) electrons. The first-order valence-corrected chi connectivity index (χ1v) is 10.5. The number of nitrogens with one attached hydrogen (secondary N) is 1. The summed E-state index contributed by atoms with van der Waals surface area (Å²) in [6.07, 6.45) is 6.71. The number of halogens is 1. The molecule has 9 heteroatoms. The number of carbonyl (C=O) groups excluding carboxylic acids is 2. The van der Waals surface area contributed by atoms with Crippen LogP contribution in [-0.4, -0.2) is 49.5 Å². The third-order valence-electron chi connectivity index (χ3n) is 5.81. The fourth-order valence-electron chi connectivity index (χ4n) is 4.42. The molecule has 2 aromatic rings.